The van der Waals surface area contributed by atoms with Crippen LogP contribution in [0.25, 0.3) is 0 Å². The summed E-state index contributed by atoms with van der Waals surface area (Å²) in [6.45, 7) is 1.67. The van der Waals surface area contributed by atoms with E-state index in [1.807, 2.05) is 0 Å². The molecule has 2 unspecified atom stereocenters. The van der Waals surface area contributed by atoms with Crippen LogP contribution < -0.4 is 4.74 Å². The van der Waals surface area contributed by atoms with E-state index in [4.69, 9.17) is 4.74 Å². The second-order valence-corrected chi connectivity index (χ2v) is 5.90. The van der Waals surface area contributed by atoms with E-state index in [9.17, 15) is 13.4 Å². The predicted molar refractivity (Wildman–Crippen MR) is 70.9 cm³/mol. The second kappa shape index (κ2) is 7.23. The van der Waals surface area contributed by atoms with E-state index < -0.39 is 27.8 Å². The number of hydrogen-bond acceptors (Lipinski definition) is 4. The molecule has 1 rings (SSSR count). The highest BCUT2D eigenvalue weighted by Gasteiger charge is 2.18. The molecule has 0 radical (unpaired) electrons. The molecule has 4 nitrogen and oxygen atoms in total. The van der Waals surface area contributed by atoms with Crippen LogP contribution in [-0.4, -0.2) is 29.6 Å². The van der Waals surface area contributed by atoms with Crippen molar-refractivity contribution in [2.24, 2.45) is 0 Å². The molecule has 0 aliphatic heterocycles. The van der Waals surface area contributed by atoms with Gasteiger partial charge in [-0.25, -0.2) is 4.39 Å². The summed E-state index contributed by atoms with van der Waals surface area (Å²) >= 11 is 0. The topological polar surface area (TPSA) is 52.6 Å². The zero-order chi connectivity index (χ0) is 14.4. The van der Waals surface area contributed by atoms with Gasteiger partial charge in [-0.2, -0.15) is 0 Å². The lowest BCUT2D eigenvalue weighted by Crippen LogP contribution is -2.18. The molecule has 0 saturated carbocycles. The quantitative estimate of drug-likeness (QED) is 0.752. The van der Waals surface area contributed by atoms with Crippen LogP contribution in [0.1, 0.15) is 18.9 Å². The molecule has 0 fully saturated rings. The van der Waals surface area contributed by atoms with Gasteiger partial charge in [0.1, 0.15) is 0 Å². The summed E-state index contributed by atoms with van der Waals surface area (Å²) in [6.07, 6.45) is 0.0503. The summed E-state index contributed by atoms with van der Waals surface area (Å²) in [7, 11) is 1.30. The Morgan fingerprint density at radius 1 is 1.42 bits per heavy atom. The van der Waals surface area contributed by atoms with Gasteiger partial charge in [0.05, 0.1) is 26.4 Å². The van der Waals surface area contributed by atoms with Crippen LogP contribution >= 0.6 is 0 Å². The first kappa shape index (κ1) is 15.6. The lowest BCUT2D eigenvalue weighted by Gasteiger charge is -2.11. The standard InChI is InChI=1S/C13H17FO4S/c1-9(7-12(15)18-3)19(16)8-10-5-4-6-11(17-2)13(10)14/h4-6,9H,7-8H2,1-3H3. The van der Waals surface area contributed by atoms with E-state index in [-0.39, 0.29) is 17.9 Å². The van der Waals surface area contributed by atoms with Gasteiger partial charge in [-0.05, 0) is 6.07 Å². The van der Waals surface area contributed by atoms with Gasteiger partial charge in [-0.1, -0.05) is 19.1 Å². The van der Waals surface area contributed by atoms with Crippen molar-refractivity contribution in [3.05, 3.63) is 29.6 Å². The average molecular weight is 288 g/mol. The van der Waals surface area contributed by atoms with Crippen molar-refractivity contribution < 1.29 is 22.9 Å². The van der Waals surface area contributed by atoms with Crippen molar-refractivity contribution in [2.75, 3.05) is 14.2 Å². The summed E-state index contributed by atoms with van der Waals surface area (Å²) in [5.41, 5.74) is 0.314. The van der Waals surface area contributed by atoms with E-state index in [2.05, 4.69) is 4.74 Å². The fourth-order valence-corrected chi connectivity index (χ4v) is 2.67. The number of carbonyl (C=O) groups excluding carboxylic acids is 1. The minimum atomic E-state index is -1.35. The largest absolute Gasteiger partial charge is 0.494 e. The van der Waals surface area contributed by atoms with Crippen molar-refractivity contribution in [3.63, 3.8) is 0 Å². The molecule has 0 aliphatic carbocycles. The van der Waals surface area contributed by atoms with Crippen molar-refractivity contribution in [2.45, 2.75) is 24.3 Å². The van der Waals surface area contributed by atoms with Gasteiger partial charge in [-0.3, -0.25) is 9.00 Å². The van der Waals surface area contributed by atoms with Crippen LogP contribution in [0.2, 0.25) is 0 Å². The van der Waals surface area contributed by atoms with Crippen molar-refractivity contribution >= 4 is 16.8 Å². The number of rotatable bonds is 6. The molecule has 1 aromatic rings. The van der Waals surface area contributed by atoms with Crippen molar-refractivity contribution in [1.82, 2.24) is 0 Å². The van der Waals surface area contributed by atoms with Crippen LogP contribution in [0, 0.1) is 5.82 Å². The maximum atomic E-state index is 13.9. The Balaban J connectivity index is 2.74. The highest BCUT2D eigenvalue weighted by molar-refractivity contribution is 7.84. The molecule has 0 spiro atoms. The number of halogens is 1. The minimum absolute atomic E-state index is 0.0429. The SMILES string of the molecule is COC(=O)CC(C)S(=O)Cc1cccc(OC)c1F. The molecule has 0 aliphatic rings. The number of hydrogen-bond donors (Lipinski definition) is 0. The third kappa shape index (κ3) is 4.31. The first-order chi connectivity index (χ1) is 8.99. The fraction of sp³-hybridized carbons (Fsp3) is 0.462. The zero-order valence-corrected chi connectivity index (χ0v) is 12.0. The predicted octanol–water partition coefficient (Wildman–Crippen LogP) is 2.03. The molecule has 0 bridgehead atoms. The molecular weight excluding hydrogens is 271 g/mol. The Morgan fingerprint density at radius 3 is 2.68 bits per heavy atom. The lowest BCUT2D eigenvalue weighted by atomic mass is 10.2. The third-order valence-corrected chi connectivity index (χ3v) is 4.35. The first-order valence-electron chi connectivity index (χ1n) is 5.75. The Labute approximate surface area is 114 Å². The molecule has 0 aromatic heterocycles. The van der Waals surface area contributed by atoms with E-state index in [0.717, 1.165) is 0 Å². The maximum absolute atomic E-state index is 13.9. The Bertz CT molecular complexity index is 476. The molecule has 0 amide bonds. The number of benzene rings is 1. The van der Waals surface area contributed by atoms with Crippen LogP contribution in [0.5, 0.6) is 5.75 Å². The number of ether oxygens (including phenoxy) is 2. The number of carbonyl (C=O) groups is 1. The minimum Gasteiger partial charge on any atom is -0.494 e. The van der Waals surface area contributed by atoms with Crippen LogP contribution in [0.4, 0.5) is 4.39 Å². The van der Waals surface area contributed by atoms with Crippen LogP contribution in [0.3, 0.4) is 0 Å². The van der Waals surface area contributed by atoms with Crippen LogP contribution in [-0.2, 0) is 26.1 Å². The molecule has 6 heteroatoms. The summed E-state index contributed by atoms with van der Waals surface area (Å²) < 4.78 is 35.3. The third-order valence-electron chi connectivity index (χ3n) is 2.69. The molecule has 0 saturated heterocycles. The summed E-state index contributed by atoms with van der Waals surface area (Å²) in [6, 6.07) is 4.69. The van der Waals surface area contributed by atoms with Gasteiger partial charge in [0.15, 0.2) is 11.6 Å². The molecular formula is C13H17FO4S. The average Bonchev–Trinajstić information content (AvgIpc) is 2.40. The molecule has 0 heterocycles. The normalized spacial score (nSPS) is 13.7. The Morgan fingerprint density at radius 2 is 2.11 bits per heavy atom. The van der Waals surface area contributed by atoms with E-state index in [1.165, 1.54) is 20.3 Å². The van der Waals surface area contributed by atoms with Gasteiger partial charge in [0.25, 0.3) is 0 Å². The Hall–Kier alpha value is -1.43. The summed E-state index contributed by atoms with van der Waals surface area (Å²) in [5, 5.41) is -0.391. The first-order valence-corrected chi connectivity index (χ1v) is 7.13. The highest BCUT2D eigenvalue weighted by Crippen LogP contribution is 2.22. The molecule has 1 aromatic carbocycles. The maximum Gasteiger partial charge on any atom is 0.306 e. The summed E-state index contributed by atoms with van der Waals surface area (Å²) in [4.78, 5) is 11.1. The monoisotopic (exact) mass is 288 g/mol. The lowest BCUT2D eigenvalue weighted by molar-refractivity contribution is -0.140. The number of methoxy groups -OCH3 is 2. The van der Waals surface area contributed by atoms with Crippen LogP contribution in [0.15, 0.2) is 18.2 Å². The van der Waals surface area contributed by atoms with Gasteiger partial charge in [0, 0.05) is 21.6 Å². The fourth-order valence-electron chi connectivity index (χ4n) is 1.53. The van der Waals surface area contributed by atoms with E-state index in [0.29, 0.717) is 5.56 Å². The molecule has 2 atom stereocenters. The van der Waals surface area contributed by atoms with Gasteiger partial charge in [-0.15, -0.1) is 0 Å². The zero-order valence-electron chi connectivity index (χ0n) is 11.1. The molecule has 19 heavy (non-hydrogen) atoms. The van der Waals surface area contributed by atoms with Gasteiger partial charge in [0.2, 0.25) is 0 Å². The number of esters is 1. The summed E-state index contributed by atoms with van der Waals surface area (Å²) in [5.74, 6) is -0.771. The smallest absolute Gasteiger partial charge is 0.306 e. The van der Waals surface area contributed by atoms with Gasteiger partial charge < -0.3 is 9.47 Å². The van der Waals surface area contributed by atoms with Crippen molar-refractivity contribution in [3.8, 4) is 5.75 Å². The van der Waals surface area contributed by atoms with Crippen molar-refractivity contribution in [1.29, 1.82) is 0 Å². The second-order valence-electron chi connectivity index (χ2n) is 4.05. The molecule has 0 N–H and O–H groups in total. The van der Waals surface area contributed by atoms with E-state index in [1.54, 1.807) is 19.1 Å². The van der Waals surface area contributed by atoms with Gasteiger partial charge >= 0.3 is 5.97 Å². The Kier molecular flexibility index (Phi) is 5.95. The van der Waals surface area contributed by atoms with E-state index >= 15 is 0 Å². The molecule has 106 valence electrons. The highest BCUT2D eigenvalue weighted by atomic mass is 32.2.